The van der Waals surface area contributed by atoms with Crippen molar-refractivity contribution < 1.29 is 4.79 Å². The van der Waals surface area contributed by atoms with Gasteiger partial charge in [0.25, 0.3) is 5.56 Å². The van der Waals surface area contributed by atoms with Crippen LogP contribution in [0.3, 0.4) is 0 Å². The number of rotatable bonds is 3. The van der Waals surface area contributed by atoms with E-state index in [1.807, 2.05) is 4.90 Å². The van der Waals surface area contributed by atoms with Crippen molar-refractivity contribution in [2.45, 2.75) is 72.6 Å². The number of piperidine rings is 1. The van der Waals surface area contributed by atoms with Crippen LogP contribution in [0.5, 0.6) is 0 Å². The average Bonchev–Trinajstić information content (AvgIpc) is 3.03. The number of amides is 1. The summed E-state index contributed by atoms with van der Waals surface area (Å²) in [5, 5.41) is 0.789. The second kappa shape index (κ2) is 7.86. The third kappa shape index (κ3) is 4.27. The minimum absolute atomic E-state index is 0.0317. The number of thiophene rings is 1. The first-order chi connectivity index (χ1) is 13.7. The molecule has 0 spiro atoms. The lowest BCUT2D eigenvalue weighted by Gasteiger charge is -2.33. The molecule has 0 radical (unpaired) electrons. The van der Waals surface area contributed by atoms with Gasteiger partial charge in [0.15, 0.2) is 0 Å². The second-order valence-electron chi connectivity index (χ2n) is 10.1. The first-order valence-corrected chi connectivity index (χ1v) is 11.8. The summed E-state index contributed by atoms with van der Waals surface area (Å²) in [6.45, 7) is 10.8. The first kappa shape index (κ1) is 20.6. The van der Waals surface area contributed by atoms with E-state index in [9.17, 15) is 9.59 Å². The Hall–Kier alpha value is -1.69. The van der Waals surface area contributed by atoms with Gasteiger partial charge in [-0.15, -0.1) is 11.3 Å². The van der Waals surface area contributed by atoms with Crippen LogP contribution >= 0.6 is 11.3 Å². The third-order valence-corrected chi connectivity index (χ3v) is 7.93. The molecule has 0 saturated carbocycles. The van der Waals surface area contributed by atoms with Crippen LogP contribution in [0.15, 0.2) is 4.79 Å². The highest BCUT2D eigenvalue weighted by Crippen LogP contribution is 2.42. The van der Waals surface area contributed by atoms with Crippen molar-refractivity contribution in [3.63, 3.8) is 0 Å². The van der Waals surface area contributed by atoms with Crippen LogP contribution in [0, 0.1) is 17.3 Å². The summed E-state index contributed by atoms with van der Waals surface area (Å²) >= 11 is 1.68. The monoisotopic (exact) mass is 415 g/mol. The number of fused-ring (bicyclic) bond motifs is 3. The molecular weight excluding hydrogens is 382 g/mol. The van der Waals surface area contributed by atoms with Gasteiger partial charge in [0, 0.05) is 30.8 Å². The summed E-state index contributed by atoms with van der Waals surface area (Å²) in [5.41, 5.74) is 1.46. The number of carbonyl (C=O) groups is 1. The smallest absolute Gasteiger partial charge is 0.259 e. The predicted octanol–water partition coefficient (Wildman–Crippen LogP) is 4.33. The van der Waals surface area contributed by atoms with Gasteiger partial charge in [0.2, 0.25) is 5.91 Å². The van der Waals surface area contributed by atoms with Gasteiger partial charge in [-0.05, 0) is 54.9 Å². The molecule has 2 aromatic heterocycles. The molecule has 2 aromatic rings. The highest BCUT2D eigenvalue weighted by Gasteiger charge is 2.31. The number of hydrogen-bond donors (Lipinski definition) is 1. The van der Waals surface area contributed by atoms with E-state index in [0.29, 0.717) is 30.5 Å². The summed E-state index contributed by atoms with van der Waals surface area (Å²) < 4.78 is 0. The molecule has 1 aliphatic heterocycles. The lowest BCUT2D eigenvalue weighted by atomic mass is 9.72. The number of aromatic amines is 1. The SMILES string of the molecule is C[C@@H]1CCCN(C(=O)CCc2nc3sc4c(c3c(=O)[nH]2)CC[C@@H](C(C)(C)C)C4)C1. The Bertz CT molecular complexity index is 969. The zero-order valence-electron chi connectivity index (χ0n) is 18.1. The maximum absolute atomic E-state index is 12.8. The molecule has 6 heteroatoms. The van der Waals surface area contributed by atoms with Gasteiger partial charge in [-0.2, -0.15) is 0 Å². The van der Waals surface area contributed by atoms with E-state index < -0.39 is 0 Å². The largest absolute Gasteiger partial charge is 0.342 e. The van der Waals surface area contributed by atoms with Crippen LogP contribution in [-0.2, 0) is 24.1 Å². The topological polar surface area (TPSA) is 66.1 Å². The number of aromatic nitrogens is 2. The summed E-state index contributed by atoms with van der Waals surface area (Å²) in [7, 11) is 0. The zero-order chi connectivity index (χ0) is 20.8. The van der Waals surface area contributed by atoms with Crippen LogP contribution in [0.2, 0.25) is 0 Å². The van der Waals surface area contributed by atoms with E-state index in [2.05, 4.69) is 32.7 Å². The van der Waals surface area contributed by atoms with Gasteiger partial charge in [0.1, 0.15) is 10.7 Å². The highest BCUT2D eigenvalue weighted by atomic mass is 32.1. The van der Waals surface area contributed by atoms with Gasteiger partial charge in [0.05, 0.1) is 5.39 Å². The molecule has 1 fully saturated rings. The van der Waals surface area contributed by atoms with Crippen molar-refractivity contribution in [1.82, 2.24) is 14.9 Å². The van der Waals surface area contributed by atoms with Crippen molar-refractivity contribution in [2.24, 2.45) is 17.3 Å². The Morgan fingerprint density at radius 2 is 2.10 bits per heavy atom. The Balaban J connectivity index is 1.51. The zero-order valence-corrected chi connectivity index (χ0v) is 19.0. The number of likely N-dealkylation sites (tertiary alicyclic amines) is 1. The number of hydrogen-bond acceptors (Lipinski definition) is 4. The Morgan fingerprint density at radius 1 is 1.31 bits per heavy atom. The van der Waals surface area contributed by atoms with Crippen molar-refractivity contribution in [1.29, 1.82) is 0 Å². The first-order valence-electron chi connectivity index (χ1n) is 11.0. The molecule has 2 atom stereocenters. The molecule has 0 bridgehead atoms. The van der Waals surface area contributed by atoms with Gasteiger partial charge in [-0.25, -0.2) is 4.98 Å². The molecule has 0 aromatic carbocycles. The minimum atomic E-state index is -0.0317. The number of aryl methyl sites for hydroxylation is 2. The molecule has 3 heterocycles. The lowest BCUT2D eigenvalue weighted by Crippen LogP contribution is -2.39. The normalized spacial score (nSPS) is 22.7. The van der Waals surface area contributed by atoms with Crippen molar-refractivity contribution in [3.8, 4) is 0 Å². The predicted molar refractivity (Wildman–Crippen MR) is 119 cm³/mol. The Labute approximate surface area is 176 Å². The number of nitrogens with one attached hydrogen (secondary N) is 1. The van der Waals surface area contributed by atoms with Crippen molar-refractivity contribution in [2.75, 3.05) is 13.1 Å². The molecule has 0 unspecified atom stereocenters. The Morgan fingerprint density at radius 3 is 2.83 bits per heavy atom. The van der Waals surface area contributed by atoms with E-state index in [1.54, 1.807) is 11.3 Å². The molecule has 1 N–H and O–H groups in total. The lowest BCUT2D eigenvalue weighted by molar-refractivity contribution is -0.132. The molecule has 5 nitrogen and oxygen atoms in total. The van der Waals surface area contributed by atoms with E-state index in [4.69, 9.17) is 4.98 Å². The van der Waals surface area contributed by atoms with Gasteiger partial charge in [-0.1, -0.05) is 27.7 Å². The number of H-pyrrole nitrogens is 1. The van der Waals surface area contributed by atoms with Crippen LogP contribution < -0.4 is 5.56 Å². The minimum Gasteiger partial charge on any atom is -0.342 e. The molecular formula is C23H33N3O2S. The number of carbonyl (C=O) groups excluding carboxylic acids is 1. The van der Waals surface area contributed by atoms with Gasteiger partial charge < -0.3 is 9.88 Å². The standard InChI is InChI=1S/C23H33N3O2S/c1-14-6-5-11-26(13-14)19(27)10-9-18-24-21(28)20-16-8-7-15(23(2,3)4)12-17(16)29-22(20)25-18/h14-15H,5-13H2,1-4H3,(H,24,25,28)/t14-,15-/m1/s1. The summed E-state index contributed by atoms with van der Waals surface area (Å²) in [5.74, 6) is 2.05. The summed E-state index contributed by atoms with van der Waals surface area (Å²) in [4.78, 5) is 37.3. The van der Waals surface area contributed by atoms with E-state index in [0.717, 1.165) is 49.0 Å². The van der Waals surface area contributed by atoms with Gasteiger partial charge in [-0.3, -0.25) is 9.59 Å². The van der Waals surface area contributed by atoms with Crippen LogP contribution in [-0.4, -0.2) is 33.9 Å². The third-order valence-electron chi connectivity index (χ3n) is 6.78. The van der Waals surface area contributed by atoms with E-state index >= 15 is 0 Å². The second-order valence-corrected chi connectivity index (χ2v) is 11.2. The highest BCUT2D eigenvalue weighted by molar-refractivity contribution is 7.18. The van der Waals surface area contributed by atoms with Crippen molar-refractivity contribution >= 4 is 27.5 Å². The summed E-state index contributed by atoms with van der Waals surface area (Å²) in [6, 6.07) is 0. The number of nitrogens with zero attached hydrogens (tertiary/aromatic N) is 2. The average molecular weight is 416 g/mol. The fourth-order valence-corrected chi connectivity index (χ4v) is 6.20. The molecule has 1 aliphatic carbocycles. The van der Waals surface area contributed by atoms with Gasteiger partial charge >= 0.3 is 0 Å². The quantitative estimate of drug-likeness (QED) is 0.811. The molecule has 158 valence electrons. The Kier molecular flexibility index (Phi) is 5.58. The van der Waals surface area contributed by atoms with E-state index in [-0.39, 0.29) is 16.9 Å². The molecule has 1 amide bonds. The molecule has 4 rings (SSSR count). The van der Waals surface area contributed by atoms with Crippen LogP contribution in [0.4, 0.5) is 0 Å². The fraction of sp³-hybridized carbons (Fsp3) is 0.696. The maximum atomic E-state index is 12.8. The summed E-state index contributed by atoms with van der Waals surface area (Å²) in [6.07, 6.45) is 6.35. The van der Waals surface area contributed by atoms with Crippen molar-refractivity contribution in [3.05, 3.63) is 26.6 Å². The molecule has 2 aliphatic rings. The maximum Gasteiger partial charge on any atom is 0.259 e. The van der Waals surface area contributed by atoms with Crippen LogP contribution in [0.1, 0.15) is 69.6 Å². The van der Waals surface area contributed by atoms with E-state index in [1.165, 1.54) is 16.9 Å². The van der Waals surface area contributed by atoms with Crippen LogP contribution in [0.25, 0.3) is 10.2 Å². The molecule has 1 saturated heterocycles. The molecule has 29 heavy (non-hydrogen) atoms. The fourth-order valence-electron chi connectivity index (χ4n) is 4.89.